The molecule has 0 aliphatic carbocycles. The molecule has 0 unspecified atom stereocenters. The zero-order valence-electron chi connectivity index (χ0n) is 13.0. The molecule has 0 aliphatic heterocycles. The molecule has 1 rings (SSSR count). The third-order valence-corrected chi connectivity index (χ3v) is 2.76. The van der Waals surface area contributed by atoms with Crippen molar-refractivity contribution in [1.29, 1.82) is 0 Å². The highest BCUT2D eigenvalue weighted by Gasteiger charge is 2.11. The van der Waals surface area contributed by atoms with Gasteiger partial charge in [0.25, 0.3) is 0 Å². The van der Waals surface area contributed by atoms with E-state index in [1.807, 2.05) is 13.0 Å². The van der Waals surface area contributed by atoms with E-state index in [-0.39, 0.29) is 5.54 Å². The third kappa shape index (κ3) is 7.35. The Morgan fingerprint density at radius 3 is 2.58 bits per heavy atom. The van der Waals surface area contributed by atoms with Gasteiger partial charge in [-0.25, -0.2) is 0 Å². The monoisotopic (exact) mass is 268 g/mol. The van der Waals surface area contributed by atoms with Crippen LogP contribution in [0.2, 0.25) is 0 Å². The second-order valence-electron chi connectivity index (χ2n) is 5.91. The maximum Gasteiger partial charge on any atom is 0.118 e. The van der Waals surface area contributed by atoms with Crippen LogP contribution in [0.25, 0.3) is 0 Å². The number of rotatable bonds is 8. The Labute approximate surface area is 117 Å². The highest BCUT2D eigenvalue weighted by atomic mass is 16.5. The van der Waals surface area contributed by atoms with Crippen LogP contribution >= 0.6 is 0 Å². The largest absolute Gasteiger partial charge is 0.463 e. The molecule has 0 bridgehead atoms. The average molecular weight is 268 g/mol. The molecule has 0 amide bonds. The van der Waals surface area contributed by atoms with Crippen molar-refractivity contribution >= 4 is 0 Å². The van der Waals surface area contributed by atoms with Crippen LogP contribution in [0.1, 0.15) is 39.2 Å². The molecule has 1 N–H and O–H groups in total. The van der Waals surface area contributed by atoms with Gasteiger partial charge >= 0.3 is 0 Å². The Bertz CT molecular complexity index is 355. The minimum Gasteiger partial charge on any atom is -0.463 e. The summed E-state index contributed by atoms with van der Waals surface area (Å²) >= 11 is 0. The molecule has 1 aromatic heterocycles. The van der Waals surface area contributed by atoms with Gasteiger partial charge in [-0.2, -0.15) is 0 Å². The highest BCUT2D eigenvalue weighted by Crippen LogP contribution is 2.11. The van der Waals surface area contributed by atoms with Crippen molar-refractivity contribution in [3.8, 4) is 0 Å². The molecule has 0 aromatic carbocycles. The summed E-state index contributed by atoms with van der Waals surface area (Å²) in [5.74, 6) is 1.99. The standard InChI is InChI=1S/C15H28N2O2/c1-6-18-10-9-17(5)12-14-8-7-13(19-14)11-16-15(2,3)4/h7-8,16H,6,9-12H2,1-5H3. The molecule has 0 radical (unpaired) electrons. The number of hydrogen-bond acceptors (Lipinski definition) is 4. The Morgan fingerprint density at radius 2 is 1.95 bits per heavy atom. The summed E-state index contributed by atoms with van der Waals surface area (Å²) in [5.41, 5.74) is 0.112. The lowest BCUT2D eigenvalue weighted by atomic mass is 10.1. The van der Waals surface area contributed by atoms with E-state index in [9.17, 15) is 0 Å². The fourth-order valence-corrected chi connectivity index (χ4v) is 1.66. The van der Waals surface area contributed by atoms with Crippen molar-refractivity contribution in [2.75, 3.05) is 26.8 Å². The van der Waals surface area contributed by atoms with E-state index in [2.05, 4.69) is 44.1 Å². The smallest absolute Gasteiger partial charge is 0.118 e. The zero-order valence-corrected chi connectivity index (χ0v) is 13.0. The van der Waals surface area contributed by atoms with E-state index >= 15 is 0 Å². The molecule has 0 fully saturated rings. The summed E-state index contributed by atoms with van der Waals surface area (Å²) in [6.45, 7) is 12.5. The topological polar surface area (TPSA) is 37.6 Å². The maximum absolute atomic E-state index is 5.81. The van der Waals surface area contributed by atoms with E-state index in [0.29, 0.717) is 0 Å². The lowest BCUT2D eigenvalue weighted by molar-refractivity contribution is 0.118. The molecule has 0 saturated carbocycles. The third-order valence-electron chi connectivity index (χ3n) is 2.76. The van der Waals surface area contributed by atoms with E-state index in [1.54, 1.807) is 0 Å². The molecule has 4 nitrogen and oxygen atoms in total. The van der Waals surface area contributed by atoms with Gasteiger partial charge in [0.15, 0.2) is 0 Å². The van der Waals surface area contributed by atoms with Gasteiger partial charge in [0.2, 0.25) is 0 Å². The SMILES string of the molecule is CCOCCN(C)Cc1ccc(CNC(C)(C)C)o1. The number of likely N-dealkylation sites (N-methyl/N-ethyl adjacent to an activating group) is 1. The van der Waals surface area contributed by atoms with Gasteiger partial charge in [-0.1, -0.05) is 0 Å². The molecule has 110 valence electrons. The number of furan rings is 1. The molecule has 19 heavy (non-hydrogen) atoms. The van der Waals surface area contributed by atoms with Gasteiger partial charge in [0.05, 0.1) is 19.7 Å². The summed E-state index contributed by atoms with van der Waals surface area (Å²) in [6, 6.07) is 4.10. The van der Waals surface area contributed by atoms with Crippen molar-refractivity contribution in [1.82, 2.24) is 10.2 Å². The summed E-state index contributed by atoms with van der Waals surface area (Å²) in [4.78, 5) is 2.20. The second kappa shape index (κ2) is 7.68. The van der Waals surface area contributed by atoms with Crippen LogP contribution in [-0.4, -0.2) is 37.2 Å². The van der Waals surface area contributed by atoms with Crippen LogP contribution in [0.5, 0.6) is 0 Å². The molecule has 1 heterocycles. The predicted octanol–water partition coefficient (Wildman–Crippen LogP) is 2.64. The van der Waals surface area contributed by atoms with E-state index < -0.39 is 0 Å². The van der Waals surface area contributed by atoms with Gasteiger partial charge < -0.3 is 14.5 Å². The average Bonchev–Trinajstić information content (AvgIpc) is 2.73. The van der Waals surface area contributed by atoms with Crippen molar-refractivity contribution in [2.24, 2.45) is 0 Å². The minimum absolute atomic E-state index is 0.112. The van der Waals surface area contributed by atoms with Crippen LogP contribution in [0, 0.1) is 0 Å². The first kappa shape index (κ1) is 16.2. The first-order valence-electron chi connectivity index (χ1n) is 6.99. The van der Waals surface area contributed by atoms with E-state index in [0.717, 1.165) is 44.4 Å². The molecule has 4 heteroatoms. The van der Waals surface area contributed by atoms with Gasteiger partial charge in [-0.15, -0.1) is 0 Å². The molecular formula is C15H28N2O2. The van der Waals surface area contributed by atoms with Crippen molar-refractivity contribution < 1.29 is 9.15 Å². The van der Waals surface area contributed by atoms with Crippen molar-refractivity contribution in [3.05, 3.63) is 23.7 Å². The van der Waals surface area contributed by atoms with E-state index in [4.69, 9.17) is 9.15 Å². The number of ether oxygens (including phenoxy) is 1. The number of nitrogens with one attached hydrogen (secondary N) is 1. The van der Waals surface area contributed by atoms with Gasteiger partial charge in [-0.3, -0.25) is 4.90 Å². The summed E-state index contributed by atoms with van der Waals surface area (Å²) < 4.78 is 11.2. The van der Waals surface area contributed by atoms with Crippen LogP contribution < -0.4 is 5.32 Å². The maximum atomic E-state index is 5.81. The van der Waals surface area contributed by atoms with Crippen molar-refractivity contribution in [3.63, 3.8) is 0 Å². The van der Waals surface area contributed by atoms with E-state index in [1.165, 1.54) is 0 Å². The molecule has 0 spiro atoms. The quantitative estimate of drug-likeness (QED) is 0.736. The lowest BCUT2D eigenvalue weighted by Crippen LogP contribution is -2.34. The summed E-state index contributed by atoms with van der Waals surface area (Å²) in [6.07, 6.45) is 0. The lowest BCUT2D eigenvalue weighted by Gasteiger charge is -2.19. The van der Waals surface area contributed by atoms with Crippen molar-refractivity contribution in [2.45, 2.75) is 46.3 Å². The van der Waals surface area contributed by atoms with Gasteiger partial charge in [0, 0.05) is 18.7 Å². The summed E-state index contributed by atoms with van der Waals surface area (Å²) in [7, 11) is 2.08. The Balaban J connectivity index is 2.33. The summed E-state index contributed by atoms with van der Waals surface area (Å²) in [5, 5.41) is 3.42. The number of nitrogens with zero attached hydrogens (tertiary/aromatic N) is 1. The Kier molecular flexibility index (Phi) is 6.55. The molecule has 0 saturated heterocycles. The molecular weight excluding hydrogens is 240 g/mol. The van der Waals surface area contributed by atoms with Gasteiger partial charge in [-0.05, 0) is 46.9 Å². The normalized spacial score (nSPS) is 12.3. The second-order valence-corrected chi connectivity index (χ2v) is 5.91. The van der Waals surface area contributed by atoms with Crippen LogP contribution in [0.15, 0.2) is 16.5 Å². The minimum atomic E-state index is 0.112. The number of hydrogen-bond donors (Lipinski definition) is 1. The first-order valence-corrected chi connectivity index (χ1v) is 6.99. The zero-order chi connectivity index (χ0) is 14.3. The molecule has 1 aromatic rings. The molecule has 0 atom stereocenters. The van der Waals surface area contributed by atoms with Gasteiger partial charge in [0.1, 0.15) is 11.5 Å². The first-order chi connectivity index (χ1) is 8.90. The Morgan fingerprint density at radius 1 is 1.26 bits per heavy atom. The molecule has 0 aliphatic rings. The fraction of sp³-hybridized carbons (Fsp3) is 0.733. The van der Waals surface area contributed by atoms with Crippen LogP contribution in [0.3, 0.4) is 0 Å². The van der Waals surface area contributed by atoms with Crippen LogP contribution in [-0.2, 0) is 17.8 Å². The van der Waals surface area contributed by atoms with Crippen LogP contribution in [0.4, 0.5) is 0 Å². The Hall–Kier alpha value is -0.840. The fourth-order valence-electron chi connectivity index (χ4n) is 1.66. The highest BCUT2D eigenvalue weighted by molar-refractivity contribution is 5.07. The predicted molar refractivity (Wildman–Crippen MR) is 78.1 cm³/mol.